The van der Waals surface area contributed by atoms with Crippen molar-refractivity contribution < 1.29 is 4.52 Å². The van der Waals surface area contributed by atoms with E-state index >= 15 is 0 Å². The Labute approximate surface area is 119 Å². The van der Waals surface area contributed by atoms with Crippen molar-refractivity contribution in [3.8, 4) is 0 Å². The summed E-state index contributed by atoms with van der Waals surface area (Å²) in [6.45, 7) is 0.901. The highest BCUT2D eigenvalue weighted by atomic mass is 16.5. The van der Waals surface area contributed by atoms with Crippen molar-refractivity contribution in [2.45, 2.75) is 25.3 Å². The number of hydrogen-bond donors (Lipinski definition) is 1. The van der Waals surface area contributed by atoms with Crippen molar-refractivity contribution in [3.05, 3.63) is 47.6 Å². The van der Waals surface area contributed by atoms with Gasteiger partial charge in [0.2, 0.25) is 5.89 Å². The fourth-order valence-electron chi connectivity index (χ4n) is 1.93. The zero-order chi connectivity index (χ0) is 14.4. The number of likely N-dealkylation sites (N-methyl/N-ethyl adjacent to an activating group) is 1. The third kappa shape index (κ3) is 4.43. The molecule has 0 saturated carbocycles. The van der Waals surface area contributed by atoms with E-state index in [1.54, 1.807) is 0 Å². The van der Waals surface area contributed by atoms with Gasteiger partial charge in [0.1, 0.15) is 0 Å². The van der Waals surface area contributed by atoms with Crippen LogP contribution in [0.4, 0.5) is 0 Å². The molecule has 2 N–H and O–H groups in total. The predicted molar refractivity (Wildman–Crippen MR) is 78.2 cm³/mol. The van der Waals surface area contributed by atoms with Crippen LogP contribution in [0.15, 0.2) is 34.9 Å². The molecule has 1 heterocycles. The smallest absolute Gasteiger partial charge is 0.243 e. The van der Waals surface area contributed by atoms with Gasteiger partial charge in [-0.15, -0.1) is 0 Å². The van der Waals surface area contributed by atoms with Gasteiger partial charge in [-0.1, -0.05) is 35.5 Å². The maximum Gasteiger partial charge on any atom is 0.243 e. The van der Waals surface area contributed by atoms with Crippen LogP contribution in [0.2, 0.25) is 0 Å². The lowest BCUT2D eigenvalue weighted by atomic mass is 10.1. The first-order valence-electron chi connectivity index (χ1n) is 6.92. The van der Waals surface area contributed by atoms with Crippen molar-refractivity contribution in [2.75, 3.05) is 20.6 Å². The van der Waals surface area contributed by atoms with Crippen LogP contribution in [-0.4, -0.2) is 35.7 Å². The molecule has 0 aliphatic rings. The van der Waals surface area contributed by atoms with Crippen LogP contribution >= 0.6 is 0 Å². The fourth-order valence-corrected chi connectivity index (χ4v) is 1.93. The third-order valence-electron chi connectivity index (χ3n) is 3.17. The summed E-state index contributed by atoms with van der Waals surface area (Å²) >= 11 is 0. The van der Waals surface area contributed by atoms with Crippen molar-refractivity contribution in [1.29, 1.82) is 0 Å². The monoisotopic (exact) mass is 274 g/mol. The summed E-state index contributed by atoms with van der Waals surface area (Å²) in [5.41, 5.74) is 7.38. The SMILES string of the molecule is CN(C)CCc1noc([C@@H](N)CCc2ccccc2)n1. The summed E-state index contributed by atoms with van der Waals surface area (Å²) in [5, 5.41) is 3.97. The second-order valence-corrected chi connectivity index (χ2v) is 5.23. The van der Waals surface area contributed by atoms with E-state index in [0.717, 1.165) is 31.6 Å². The van der Waals surface area contributed by atoms with Crippen molar-refractivity contribution >= 4 is 0 Å². The highest BCUT2D eigenvalue weighted by molar-refractivity contribution is 5.15. The van der Waals surface area contributed by atoms with E-state index in [1.807, 2.05) is 32.3 Å². The Morgan fingerprint density at radius 2 is 1.95 bits per heavy atom. The minimum absolute atomic E-state index is 0.198. The number of aryl methyl sites for hydroxylation is 1. The molecular weight excluding hydrogens is 252 g/mol. The van der Waals surface area contributed by atoms with E-state index in [1.165, 1.54) is 5.56 Å². The number of benzene rings is 1. The van der Waals surface area contributed by atoms with Gasteiger partial charge in [-0.05, 0) is 32.5 Å². The molecule has 2 aromatic rings. The molecule has 0 amide bonds. The number of rotatable bonds is 7. The summed E-state index contributed by atoms with van der Waals surface area (Å²) in [7, 11) is 4.04. The third-order valence-corrected chi connectivity index (χ3v) is 3.17. The number of nitrogens with zero attached hydrogens (tertiary/aromatic N) is 3. The Bertz CT molecular complexity index is 510. The molecule has 0 radical (unpaired) electrons. The molecule has 1 aromatic carbocycles. The summed E-state index contributed by atoms with van der Waals surface area (Å²) in [6.07, 6.45) is 2.50. The highest BCUT2D eigenvalue weighted by Crippen LogP contribution is 2.15. The number of aromatic nitrogens is 2. The second-order valence-electron chi connectivity index (χ2n) is 5.23. The summed E-state index contributed by atoms with van der Waals surface area (Å²) < 4.78 is 5.24. The average molecular weight is 274 g/mol. The van der Waals surface area contributed by atoms with Gasteiger partial charge in [-0.25, -0.2) is 0 Å². The topological polar surface area (TPSA) is 68.2 Å². The van der Waals surface area contributed by atoms with Crippen molar-refractivity contribution in [3.63, 3.8) is 0 Å². The van der Waals surface area contributed by atoms with Gasteiger partial charge in [0.15, 0.2) is 5.82 Å². The Balaban J connectivity index is 1.84. The molecule has 5 heteroatoms. The molecule has 5 nitrogen and oxygen atoms in total. The summed E-state index contributed by atoms with van der Waals surface area (Å²) in [4.78, 5) is 6.45. The van der Waals surface area contributed by atoms with Gasteiger partial charge in [0, 0.05) is 13.0 Å². The van der Waals surface area contributed by atoms with E-state index in [4.69, 9.17) is 10.3 Å². The van der Waals surface area contributed by atoms with E-state index in [0.29, 0.717) is 5.89 Å². The Hall–Kier alpha value is -1.72. The first kappa shape index (κ1) is 14.7. The second kappa shape index (κ2) is 7.17. The quantitative estimate of drug-likeness (QED) is 0.834. The molecule has 0 aliphatic carbocycles. The van der Waals surface area contributed by atoms with Crippen molar-refractivity contribution in [1.82, 2.24) is 15.0 Å². The molecule has 0 unspecified atom stereocenters. The first-order valence-corrected chi connectivity index (χ1v) is 6.92. The molecule has 20 heavy (non-hydrogen) atoms. The minimum Gasteiger partial charge on any atom is -0.338 e. The Kier molecular flexibility index (Phi) is 5.26. The standard InChI is InChI=1S/C15H22N4O/c1-19(2)11-10-14-17-15(20-18-14)13(16)9-8-12-6-4-3-5-7-12/h3-7,13H,8-11,16H2,1-2H3/t13-/m0/s1. The van der Waals surface area contributed by atoms with E-state index < -0.39 is 0 Å². The van der Waals surface area contributed by atoms with Crippen LogP contribution in [-0.2, 0) is 12.8 Å². The Morgan fingerprint density at radius 3 is 2.65 bits per heavy atom. The molecule has 1 atom stereocenters. The lowest BCUT2D eigenvalue weighted by molar-refractivity contribution is 0.342. The highest BCUT2D eigenvalue weighted by Gasteiger charge is 2.14. The van der Waals surface area contributed by atoms with Crippen LogP contribution in [0.1, 0.15) is 29.7 Å². The van der Waals surface area contributed by atoms with Gasteiger partial charge >= 0.3 is 0 Å². The number of hydrogen-bond acceptors (Lipinski definition) is 5. The first-order chi connectivity index (χ1) is 9.65. The van der Waals surface area contributed by atoms with Crippen LogP contribution in [0.3, 0.4) is 0 Å². The Morgan fingerprint density at radius 1 is 1.20 bits per heavy atom. The van der Waals surface area contributed by atoms with E-state index in [9.17, 15) is 0 Å². The molecule has 0 aliphatic heterocycles. The lowest BCUT2D eigenvalue weighted by Crippen LogP contribution is -2.16. The summed E-state index contributed by atoms with van der Waals surface area (Å²) in [5.74, 6) is 1.26. The van der Waals surface area contributed by atoms with E-state index in [2.05, 4.69) is 27.2 Å². The normalized spacial score (nSPS) is 12.8. The van der Waals surface area contributed by atoms with Gasteiger partial charge < -0.3 is 15.2 Å². The fraction of sp³-hybridized carbons (Fsp3) is 0.467. The van der Waals surface area contributed by atoms with Gasteiger partial charge in [0.05, 0.1) is 6.04 Å². The summed E-state index contributed by atoms with van der Waals surface area (Å²) in [6, 6.07) is 10.1. The van der Waals surface area contributed by atoms with Crippen LogP contribution in [0, 0.1) is 0 Å². The van der Waals surface area contributed by atoms with Crippen LogP contribution in [0.25, 0.3) is 0 Å². The zero-order valence-corrected chi connectivity index (χ0v) is 12.1. The molecule has 0 saturated heterocycles. The molecule has 2 rings (SSSR count). The van der Waals surface area contributed by atoms with Gasteiger partial charge in [-0.3, -0.25) is 0 Å². The van der Waals surface area contributed by atoms with Crippen molar-refractivity contribution in [2.24, 2.45) is 5.73 Å². The molecule has 0 bridgehead atoms. The lowest BCUT2D eigenvalue weighted by Gasteiger charge is -2.06. The molecule has 1 aromatic heterocycles. The molecular formula is C15H22N4O. The maximum atomic E-state index is 6.11. The van der Waals surface area contributed by atoms with Gasteiger partial charge in [0.25, 0.3) is 0 Å². The minimum atomic E-state index is -0.198. The average Bonchev–Trinajstić information content (AvgIpc) is 2.92. The maximum absolute atomic E-state index is 6.11. The molecule has 0 fully saturated rings. The molecule has 108 valence electrons. The predicted octanol–water partition coefficient (Wildman–Crippen LogP) is 1.81. The molecule has 0 spiro atoms. The zero-order valence-electron chi connectivity index (χ0n) is 12.1. The van der Waals surface area contributed by atoms with Crippen LogP contribution < -0.4 is 5.73 Å². The van der Waals surface area contributed by atoms with Crippen LogP contribution in [0.5, 0.6) is 0 Å². The largest absolute Gasteiger partial charge is 0.338 e. The van der Waals surface area contributed by atoms with E-state index in [-0.39, 0.29) is 6.04 Å². The van der Waals surface area contributed by atoms with Gasteiger partial charge in [-0.2, -0.15) is 4.98 Å². The number of nitrogens with two attached hydrogens (primary N) is 1.